The Balaban J connectivity index is 1.43. The lowest BCUT2D eigenvalue weighted by molar-refractivity contribution is -0.130. The number of amides is 1. The number of pyridine rings is 1. The number of carbonyl (C=O) groups is 1. The zero-order valence-corrected chi connectivity index (χ0v) is 19.8. The molecule has 2 aliphatic heterocycles. The van der Waals surface area contributed by atoms with Crippen LogP contribution in [-0.4, -0.2) is 48.4 Å². The smallest absolute Gasteiger partial charge is 0.219 e. The molecule has 2 aliphatic rings. The van der Waals surface area contributed by atoms with Gasteiger partial charge in [0.15, 0.2) is 0 Å². The molecule has 1 fully saturated rings. The summed E-state index contributed by atoms with van der Waals surface area (Å²) in [4.78, 5) is 17.7. The lowest BCUT2D eigenvalue weighted by Gasteiger charge is -2.32. The molecule has 1 atom stereocenters. The fraction of sp³-hybridized carbons (Fsp3) is 0.375. The van der Waals surface area contributed by atoms with Crippen molar-refractivity contribution in [2.75, 3.05) is 13.1 Å². The molecule has 0 aromatic carbocycles. The number of hydrogen-bond acceptors (Lipinski definition) is 6. The third-order valence-electron chi connectivity index (χ3n) is 6.55. The molecule has 10 heteroatoms. The highest BCUT2D eigenvalue weighted by molar-refractivity contribution is 7.99. The van der Waals surface area contributed by atoms with Crippen molar-refractivity contribution in [3.63, 3.8) is 0 Å². The highest BCUT2D eigenvalue weighted by atomic mass is 32.2. The van der Waals surface area contributed by atoms with E-state index in [-0.39, 0.29) is 23.0 Å². The van der Waals surface area contributed by atoms with Crippen LogP contribution in [0.4, 0.5) is 4.39 Å². The number of hydrogen-bond donors (Lipinski definition) is 0. The molecule has 0 radical (unpaired) electrons. The molecule has 0 aliphatic carbocycles. The highest BCUT2D eigenvalue weighted by Crippen LogP contribution is 2.45. The van der Waals surface area contributed by atoms with Crippen molar-refractivity contribution >= 4 is 29.4 Å². The van der Waals surface area contributed by atoms with Crippen LogP contribution in [-0.2, 0) is 4.79 Å². The summed E-state index contributed by atoms with van der Waals surface area (Å²) in [6.45, 7) is 5.18. The van der Waals surface area contributed by atoms with Crippen molar-refractivity contribution in [3.8, 4) is 6.07 Å². The van der Waals surface area contributed by atoms with Gasteiger partial charge >= 0.3 is 0 Å². The van der Waals surface area contributed by atoms with E-state index in [2.05, 4.69) is 27.8 Å². The first kappa shape index (κ1) is 22.3. The molecule has 0 N–H and O–H groups in total. The molecular weight excluding hydrogens is 453 g/mol. The average Bonchev–Trinajstić information content (AvgIpc) is 3.44. The number of aromatic nitrogens is 5. The van der Waals surface area contributed by atoms with Crippen molar-refractivity contribution in [1.82, 2.24) is 29.4 Å². The van der Waals surface area contributed by atoms with Gasteiger partial charge in [-0.15, -0.1) is 0 Å². The first-order valence-corrected chi connectivity index (χ1v) is 12.1. The van der Waals surface area contributed by atoms with E-state index in [1.165, 1.54) is 24.0 Å². The summed E-state index contributed by atoms with van der Waals surface area (Å²) < 4.78 is 17.2. The Morgan fingerprint density at radius 1 is 1.21 bits per heavy atom. The standard InChI is InChI=1S/C24H24FN7OS/c1-15-21(13-29-32(15)20-5-7-30(8-6-20)16(2)33)17-9-22(34-23-4-3-19(25)12-27-23)24-18(10-26)11-28-31(24)14-17/h3-4,11-14,20,22H,5-9H2,1-2H3. The summed E-state index contributed by atoms with van der Waals surface area (Å²) in [5, 5.41) is 19.3. The first-order chi connectivity index (χ1) is 16.4. The third-order valence-corrected chi connectivity index (χ3v) is 7.71. The summed E-state index contributed by atoms with van der Waals surface area (Å²) in [5.41, 5.74) is 4.55. The second-order valence-electron chi connectivity index (χ2n) is 8.60. The average molecular weight is 478 g/mol. The SMILES string of the molecule is CC(=O)N1CCC(n2ncc(C3=Cn4ncc(C#N)c4C(Sc4ccc(F)cn4)C3)c2C)CC1. The lowest BCUT2D eigenvalue weighted by atomic mass is 9.97. The quantitative estimate of drug-likeness (QED) is 0.559. The molecule has 1 saturated heterocycles. The predicted octanol–water partition coefficient (Wildman–Crippen LogP) is 4.21. The van der Waals surface area contributed by atoms with Gasteiger partial charge in [-0.3, -0.25) is 9.48 Å². The van der Waals surface area contributed by atoms with Gasteiger partial charge in [-0.25, -0.2) is 14.1 Å². The van der Waals surface area contributed by atoms with Gasteiger partial charge in [0.2, 0.25) is 5.91 Å². The maximum absolute atomic E-state index is 13.4. The molecule has 5 heterocycles. The zero-order valence-electron chi connectivity index (χ0n) is 19.0. The molecule has 1 unspecified atom stereocenters. The van der Waals surface area contributed by atoms with E-state index in [1.807, 2.05) is 17.3 Å². The number of carbonyl (C=O) groups excluding carboxylic acids is 1. The maximum atomic E-state index is 13.4. The molecule has 0 saturated carbocycles. The summed E-state index contributed by atoms with van der Waals surface area (Å²) in [7, 11) is 0. The van der Waals surface area contributed by atoms with E-state index in [4.69, 9.17) is 5.10 Å². The van der Waals surface area contributed by atoms with Crippen molar-refractivity contribution in [1.29, 1.82) is 5.26 Å². The fourth-order valence-corrected chi connectivity index (χ4v) is 5.93. The van der Waals surface area contributed by atoms with Crippen LogP contribution < -0.4 is 0 Å². The number of nitriles is 1. The van der Waals surface area contributed by atoms with Gasteiger partial charge in [0.05, 0.1) is 46.2 Å². The Kier molecular flexibility index (Phi) is 5.96. The summed E-state index contributed by atoms with van der Waals surface area (Å²) in [5.74, 6) is -0.261. The minimum Gasteiger partial charge on any atom is -0.343 e. The van der Waals surface area contributed by atoms with Gasteiger partial charge in [0.1, 0.15) is 11.9 Å². The number of thioether (sulfide) groups is 1. The van der Waals surface area contributed by atoms with Crippen LogP contribution in [0.3, 0.4) is 0 Å². The van der Waals surface area contributed by atoms with Gasteiger partial charge in [0.25, 0.3) is 0 Å². The zero-order chi connectivity index (χ0) is 23.8. The Labute approximate surface area is 201 Å². The maximum Gasteiger partial charge on any atom is 0.219 e. The van der Waals surface area contributed by atoms with E-state index in [9.17, 15) is 14.4 Å². The minimum absolute atomic E-state index is 0.100. The summed E-state index contributed by atoms with van der Waals surface area (Å²) >= 11 is 1.50. The topological polar surface area (TPSA) is 92.6 Å². The van der Waals surface area contributed by atoms with Crippen molar-refractivity contribution < 1.29 is 9.18 Å². The molecule has 3 aromatic rings. The molecular formula is C24H24FN7OS. The predicted molar refractivity (Wildman–Crippen MR) is 126 cm³/mol. The van der Waals surface area contributed by atoms with Crippen molar-refractivity contribution in [3.05, 3.63) is 59.1 Å². The van der Waals surface area contributed by atoms with Gasteiger partial charge < -0.3 is 4.90 Å². The van der Waals surface area contributed by atoms with Crippen LogP contribution in [0.5, 0.6) is 0 Å². The molecule has 8 nitrogen and oxygen atoms in total. The summed E-state index contributed by atoms with van der Waals surface area (Å²) in [6.07, 6.45) is 9.08. The number of rotatable bonds is 4. The van der Waals surface area contributed by atoms with Crippen LogP contribution in [0.15, 0.2) is 35.7 Å². The Hall–Kier alpha value is -3.45. The largest absolute Gasteiger partial charge is 0.343 e. The molecule has 5 rings (SSSR count). The number of halogens is 1. The first-order valence-electron chi connectivity index (χ1n) is 11.2. The van der Waals surface area contributed by atoms with Gasteiger partial charge in [0, 0.05) is 37.5 Å². The van der Waals surface area contributed by atoms with Crippen LogP contribution in [0.1, 0.15) is 60.0 Å². The van der Waals surface area contributed by atoms with Gasteiger partial charge in [-0.1, -0.05) is 11.8 Å². The van der Waals surface area contributed by atoms with Crippen molar-refractivity contribution in [2.24, 2.45) is 0 Å². The molecule has 1 amide bonds. The third kappa shape index (κ3) is 4.12. The lowest BCUT2D eigenvalue weighted by Crippen LogP contribution is -2.38. The van der Waals surface area contributed by atoms with E-state index >= 15 is 0 Å². The Morgan fingerprint density at radius 2 is 2.00 bits per heavy atom. The van der Waals surface area contributed by atoms with Crippen molar-refractivity contribution in [2.45, 2.75) is 49.4 Å². The van der Waals surface area contributed by atoms with E-state index in [0.29, 0.717) is 17.0 Å². The van der Waals surface area contributed by atoms with E-state index in [1.54, 1.807) is 23.9 Å². The molecule has 3 aromatic heterocycles. The molecule has 0 bridgehead atoms. The van der Waals surface area contributed by atoms with E-state index in [0.717, 1.165) is 48.5 Å². The number of allylic oxidation sites excluding steroid dienone is 1. The fourth-order valence-electron chi connectivity index (χ4n) is 4.77. The van der Waals surface area contributed by atoms with Crippen LogP contribution >= 0.6 is 11.8 Å². The number of likely N-dealkylation sites (tertiary alicyclic amines) is 1. The molecule has 174 valence electrons. The molecule has 0 spiro atoms. The summed E-state index contributed by atoms with van der Waals surface area (Å²) in [6, 6.07) is 5.54. The normalized spacial score (nSPS) is 18.4. The number of fused-ring (bicyclic) bond motifs is 1. The second kappa shape index (κ2) is 9.06. The Bertz CT molecular complexity index is 1300. The van der Waals surface area contributed by atoms with E-state index < -0.39 is 0 Å². The highest BCUT2D eigenvalue weighted by Gasteiger charge is 2.30. The number of piperidine rings is 1. The Morgan fingerprint density at radius 3 is 2.68 bits per heavy atom. The molecule has 34 heavy (non-hydrogen) atoms. The monoisotopic (exact) mass is 477 g/mol. The van der Waals surface area contributed by atoms with Crippen LogP contribution in [0, 0.1) is 24.1 Å². The van der Waals surface area contributed by atoms with Crippen LogP contribution in [0.25, 0.3) is 11.8 Å². The second-order valence-corrected chi connectivity index (χ2v) is 9.83. The minimum atomic E-state index is -0.381. The van der Waals surface area contributed by atoms with Gasteiger partial charge in [-0.2, -0.15) is 15.5 Å². The van der Waals surface area contributed by atoms with Crippen LogP contribution in [0.2, 0.25) is 0 Å². The number of nitrogens with zero attached hydrogens (tertiary/aromatic N) is 7. The van der Waals surface area contributed by atoms with Gasteiger partial charge in [-0.05, 0) is 43.9 Å².